The Kier molecular flexibility index (Phi) is 14.1. The number of aliphatic imine (C=N–C) groups is 1. The van der Waals surface area contributed by atoms with E-state index in [2.05, 4.69) is 20.9 Å². The molecular formula is C20H37N9O7. The van der Waals surface area contributed by atoms with Crippen LogP contribution in [0.5, 0.6) is 0 Å². The molecule has 0 radical (unpaired) electrons. The maximum Gasteiger partial charge on any atom is 0.326 e. The molecule has 0 aliphatic carbocycles. The van der Waals surface area contributed by atoms with Crippen molar-refractivity contribution in [1.29, 1.82) is 0 Å². The van der Waals surface area contributed by atoms with Gasteiger partial charge in [0.2, 0.25) is 29.5 Å². The minimum atomic E-state index is -1.58. The number of primary amides is 2. The van der Waals surface area contributed by atoms with Crippen LogP contribution >= 0.6 is 0 Å². The van der Waals surface area contributed by atoms with Gasteiger partial charge in [-0.15, -0.1) is 0 Å². The van der Waals surface area contributed by atoms with Gasteiger partial charge in [0, 0.05) is 6.54 Å². The molecule has 0 saturated heterocycles. The van der Waals surface area contributed by atoms with Crippen molar-refractivity contribution in [3.8, 4) is 0 Å². The minimum Gasteiger partial charge on any atom is -0.480 e. The normalized spacial score (nSPS) is 14.8. The van der Waals surface area contributed by atoms with Gasteiger partial charge in [0.05, 0.1) is 18.9 Å². The van der Waals surface area contributed by atoms with Crippen molar-refractivity contribution in [3.05, 3.63) is 0 Å². The van der Waals surface area contributed by atoms with Gasteiger partial charge in [0.15, 0.2) is 5.96 Å². The first kappa shape index (κ1) is 32.0. The molecule has 5 atom stereocenters. The van der Waals surface area contributed by atoms with Crippen molar-refractivity contribution < 1.29 is 33.9 Å². The number of nitrogens with one attached hydrogen (secondary N) is 3. The number of carboxylic acid groups (broad SMARTS) is 1. The van der Waals surface area contributed by atoms with E-state index < -0.39 is 78.4 Å². The number of hydrogen-bond donors (Lipinski definition) is 9. The fraction of sp³-hybridized carbons (Fsp3) is 0.650. The fourth-order valence-corrected chi connectivity index (χ4v) is 2.96. The third-order valence-corrected chi connectivity index (χ3v) is 5.16. The number of hydrogen-bond acceptors (Lipinski definition) is 8. The Morgan fingerprint density at radius 3 is 1.72 bits per heavy atom. The highest BCUT2D eigenvalue weighted by molar-refractivity contribution is 5.97. The number of rotatable bonds is 17. The second kappa shape index (κ2) is 15.9. The Hall–Kier alpha value is -3.95. The van der Waals surface area contributed by atoms with E-state index >= 15 is 0 Å². The molecule has 5 amide bonds. The lowest BCUT2D eigenvalue weighted by Gasteiger charge is -2.25. The summed E-state index contributed by atoms with van der Waals surface area (Å²) in [6.07, 6.45) is -0.407. The molecule has 0 aliphatic heterocycles. The van der Waals surface area contributed by atoms with Gasteiger partial charge in [0.1, 0.15) is 18.1 Å². The number of carbonyl (C=O) groups is 6. The van der Waals surface area contributed by atoms with Crippen molar-refractivity contribution in [2.45, 2.75) is 70.1 Å². The fourth-order valence-electron chi connectivity index (χ4n) is 2.96. The Labute approximate surface area is 208 Å². The summed E-state index contributed by atoms with van der Waals surface area (Å²) in [6, 6.07) is -5.50. The summed E-state index contributed by atoms with van der Waals surface area (Å²) in [6.45, 7) is 3.53. The molecular weight excluding hydrogens is 478 g/mol. The smallest absolute Gasteiger partial charge is 0.326 e. The number of nitrogens with two attached hydrogens (primary N) is 5. The summed E-state index contributed by atoms with van der Waals surface area (Å²) in [7, 11) is 0. The maximum atomic E-state index is 12.8. The highest BCUT2D eigenvalue weighted by Crippen LogP contribution is 2.09. The molecule has 14 N–H and O–H groups in total. The van der Waals surface area contributed by atoms with Gasteiger partial charge >= 0.3 is 5.97 Å². The summed E-state index contributed by atoms with van der Waals surface area (Å²) in [5, 5.41) is 16.1. The van der Waals surface area contributed by atoms with Gasteiger partial charge in [-0.1, -0.05) is 20.3 Å². The number of guanidine groups is 1. The maximum absolute atomic E-state index is 12.8. The van der Waals surface area contributed by atoms with Crippen LogP contribution < -0.4 is 44.6 Å². The lowest BCUT2D eigenvalue weighted by Crippen LogP contribution is -2.58. The molecule has 0 aromatic heterocycles. The van der Waals surface area contributed by atoms with Crippen LogP contribution in [0.2, 0.25) is 0 Å². The van der Waals surface area contributed by atoms with E-state index in [0.29, 0.717) is 12.8 Å². The summed E-state index contributed by atoms with van der Waals surface area (Å²) < 4.78 is 0. The molecule has 0 spiro atoms. The molecule has 0 heterocycles. The largest absolute Gasteiger partial charge is 0.480 e. The lowest BCUT2D eigenvalue weighted by atomic mass is 9.98. The van der Waals surface area contributed by atoms with E-state index in [1.807, 2.05) is 0 Å². The van der Waals surface area contributed by atoms with E-state index in [-0.39, 0.29) is 18.9 Å². The van der Waals surface area contributed by atoms with Crippen LogP contribution in [0.1, 0.15) is 46.0 Å². The van der Waals surface area contributed by atoms with Crippen LogP contribution in [0.3, 0.4) is 0 Å². The number of carbonyl (C=O) groups excluding carboxylic acids is 5. The summed E-state index contributed by atoms with van der Waals surface area (Å²) >= 11 is 0. The quantitative estimate of drug-likeness (QED) is 0.0509. The SMILES string of the molecule is CCC(C)C(NC(=O)C(CC(N)=O)NC(=O)C(CC(N)=O)NC(=O)C(N)CCCN=C(N)N)C(=O)O. The van der Waals surface area contributed by atoms with Crippen LogP contribution in [0.25, 0.3) is 0 Å². The van der Waals surface area contributed by atoms with Gasteiger partial charge in [-0.2, -0.15) is 0 Å². The van der Waals surface area contributed by atoms with Crippen molar-refractivity contribution >= 4 is 41.5 Å². The Morgan fingerprint density at radius 1 is 0.833 bits per heavy atom. The average molecular weight is 516 g/mol. The van der Waals surface area contributed by atoms with Gasteiger partial charge < -0.3 is 49.7 Å². The highest BCUT2D eigenvalue weighted by atomic mass is 16.4. The van der Waals surface area contributed by atoms with Gasteiger partial charge in [-0.3, -0.25) is 29.0 Å². The van der Waals surface area contributed by atoms with E-state index in [1.54, 1.807) is 13.8 Å². The van der Waals surface area contributed by atoms with Gasteiger partial charge in [0.25, 0.3) is 0 Å². The molecule has 0 bridgehead atoms. The zero-order chi connectivity index (χ0) is 28.0. The monoisotopic (exact) mass is 515 g/mol. The molecule has 16 heteroatoms. The van der Waals surface area contributed by atoms with Crippen molar-refractivity contribution in [3.63, 3.8) is 0 Å². The van der Waals surface area contributed by atoms with E-state index in [0.717, 1.165) is 0 Å². The zero-order valence-electron chi connectivity index (χ0n) is 20.4. The molecule has 0 saturated carbocycles. The summed E-state index contributed by atoms with van der Waals surface area (Å²) in [4.78, 5) is 76.1. The predicted octanol–water partition coefficient (Wildman–Crippen LogP) is -4.30. The molecule has 0 aromatic carbocycles. The van der Waals surface area contributed by atoms with E-state index in [4.69, 9.17) is 28.7 Å². The third-order valence-electron chi connectivity index (χ3n) is 5.16. The highest BCUT2D eigenvalue weighted by Gasteiger charge is 2.33. The molecule has 5 unspecified atom stereocenters. The van der Waals surface area contributed by atoms with E-state index in [1.165, 1.54) is 0 Å². The standard InChI is InChI=1S/C20H37N9O7/c1-3-9(2)15(19(35)36)29-18(34)12(8-14(23)31)28-17(33)11(7-13(22)30)27-16(32)10(21)5-4-6-26-20(24)25/h9-12,15H,3-8,21H2,1-2H3,(H2,22,30)(H2,23,31)(H,27,32)(H,28,33)(H,29,34)(H,35,36)(H4,24,25,26). The summed E-state index contributed by atoms with van der Waals surface area (Å²) in [5.74, 6) is -6.64. The number of aliphatic carboxylic acids is 1. The van der Waals surface area contributed by atoms with Crippen molar-refractivity contribution in [2.75, 3.05) is 6.54 Å². The molecule has 0 aliphatic rings. The topological polar surface area (TPSA) is 301 Å². The molecule has 204 valence electrons. The second-order valence-electron chi connectivity index (χ2n) is 8.23. The first-order chi connectivity index (χ1) is 16.7. The first-order valence-corrected chi connectivity index (χ1v) is 11.2. The zero-order valence-corrected chi connectivity index (χ0v) is 20.4. The van der Waals surface area contributed by atoms with Crippen molar-refractivity contribution in [1.82, 2.24) is 16.0 Å². The Morgan fingerprint density at radius 2 is 1.31 bits per heavy atom. The van der Waals surface area contributed by atoms with Crippen LogP contribution in [0, 0.1) is 5.92 Å². The molecule has 0 aromatic rings. The minimum absolute atomic E-state index is 0.125. The van der Waals surface area contributed by atoms with Gasteiger partial charge in [-0.05, 0) is 18.8 Å². The molecule has 36 heavy (non-hydrogen) atoms. The Balaban J connectivity index is 5.48. The average Bonchev–Trinajstić information content (AvgIpc) is 2.77. The van der Waals surface area contributed by atoms with Crippen LogP contribution in [0.15, 0.2) is 4.99 Å². The summed E-state index contributed by atoms with van der Waals surface area (Å²) in [5.41, 5.74) is 26.6. The molecule has 0 rings (SSSR count). The van der Waals surface area contributed by atoms with Crippen LogP contribution in [-0.4, -0.2) is 77.3 Å². The molecule has 0 fully saturated rings. The first-order valence-electron chi connectivity index (χ1n) is 11.2. The third kappa shape index (κ3) is 12.5. The van der Waals surface area contributed by atoms with Gasteiger partial charge in [-0.25, -0.2) is 4.79 Å². The number of nitrogens with zero attached hydrogens (tertiary/aromatic N) is 1. The van der Waals surface area contributed by atoms with E-state index in [9.17, 15) is 33.9 Å². The molecule has 16 nitrogen and oxygen atoms in total. The Bertz CT molecular complexity index is 845. The number of amides is 5. The van der Waals surface area contributed by atoms with Crippen molar-refractivity contribution in [2.24, 2.45) is 39.6 Å². The lowest BCUT2D eigenvalue weighted by molar-refractivity contribution is -0.144. The number of carboxylic acids is 1. The predicted molar refractivity (Wildman–Crippen MR) is 128 cm³/mol. The van der Waals surface area contributed by atoms with Crippen LogP contribution in [0.4, 0.5) is 0 Å². The van der Waals surface area contributed by atoms with Crippen LogP contribution in [-0.2, 0) is 28.8 Å². The second-order valence-corrected chi connectivity index (χ2v) is 8.23.